The van der Waals surface area contributed by atoms with Gasteiger partial charge in [0.05, 0.1) is 0 Å². The SMILES string of the molecule is [C-]#[N+]C[C@@H](NC(=O)OCC1c2ccccc2-c2ccccc21)C(C)CCC. The predicted molar refractivity (Wildman–Crippen MR) is 108 cm³/mol. The number of carbonyl (C=O) groups excluding carboxylic acids is 1. The van der Waals surface area contributed by atoms with Crippen LogP contribution in [0.5, 0.6) is 0 Å². The first-order valence-electron chi connectivity index (χ1n) is 9.60. The van der Waals surface area contributed by atoms with Gasteiger partial charge < -0.3 is 14.9 Å². The average Bonchev–Trinajstić information content (AvgIpc) is 3.00. The Morgan fingerprint density at radius 1 is 1.15 bits per heavy atom. The number of amides is 1. The van der Waals surface area contributed by atoms with Gasteiger partial charge in [0.1, 0.15) is 12.6 Å². The Balaban J connectivity index is 1.68. The molecule has 0 saturated heterocycles. The lowest BCUT2D eigenvalue weighted by molar-refractivity contribution is 0.136. The molecule has 0 bridgehead atoms. The first-order chi connectivity index (χ1) is 13.2. The Morgan fingerprint density at radius 2 is 1.74 bits per heavy atom. The summed E-state index contributed by atoms with van der Waals surface area (Å²) in [5, 5.41) is 2.90. The molecule has 27 heavy (non-hydrogen) atoms. The molecule has 1 amide bonds. The van der Waals surface area contributed by atoms with Crippen molar-refractivity contribution >= 4 is 6.09 Å². The van der Waals surface area contributed by atoms with Crippen LogP contribution >= 0.6 is 0 Å². The summed E-state index contributed by atoms with van der Waals surface area (Å²) in [6.07, 6.45) is 1.57. The molecule has 0 fully saturated rings. The summed E-state index contributed by atoms with van der Waals surface area (Å²) in [5.41, 5.74) is 4.82. The van der Waals surface area contributed by atoms with E-state index in [0.29, 0.717) is 6.61 Å². The summed E-state index contributed by atoms with van der Waals surface area (Å²) in [6.45, 7) is 11.9. The molecule has 0 heterocycles. The van der Waals surface area contributed by atoms with Gasteiger partial charge in [-0.1, -0.05) is 68.8 Å². The standard InChI is InChI=1S/C23H26N2O2/c1-4-9-16(2)22(14-24-3)25-23(26)27-15-21-19-12-7-5-10-17(19)18-11-6-8-13-20(18)21/h5-8,10-13,16,21-22H,4,9,14-15H2,1-2H3,(H,25,26)/t16?,22-/m1/s1. The maximum atomic E-state index is 12.4. The summed E-state index contributed by atoms with van der Waals surface area (Å²) >= 11 is 0. The molecule has 0 spiro atoms. The zero-order valence-electron chi connectivity index (χ0n) is 15.9. The maximum Gasteiger partial charge on any atom is 0.407 e. The molecule has 140 valence electrons. The van der Waals surface area contributed by atoms with Gasteiger partial charge in [0.2, 0.25) is 6.54 Å². The number of fused-ring (bicyclic) bond motifs is 3. The van der Waals surface area contributed by atoms with Gasteiger partial charge in [0, 0.05) is 5.92 Å². The van der Waals surface area contributed by atoms with Crippen LogP contribution in [0.25, 0.3) is 16.0 Å². The largest absolute Gasteiger partial charge is 0.449 e. The number of hydrogen-bond acceptors (Lipinski definition) is 2. The lowest BCUT2D eigenvalue weighted by Crippen LogP contribution is -2.42. The number of nitrogens with zero attached hydrogens (tertiary/aromatic N) is 1. The van der Waals surface area contributed by atoms with Gasteiger partial charge in [-0.15, -0.1) is 0 Å². The highest BCUT2D eigenvalue weighted by Gasteiger charge is 2.29. The molecule has 1 N–H and O–H groups in total. The van der Waals surface area contributed by atoms with Gasteiger partial charge in [-0.25, -0.2) is 11.4 Å². The number of nitrogens with one attached hydrogen (secondary N) is 1. The molecule has 0 aliphatic heterocycles. The lowest BCUT2D eigenvalue weighted by Gasteiger charge is -2.21. The minimum atomic E-state index is -0.437. The van der Waals surface area contributed by atoms with E-state index >= 15 is 0 Å². The molecule has 4 heteroatoms. The van der Waals surface area contributed by atoms with Crippen molar-refractivity contribution in [2.75, 3.05) is 13.2 Å². The second-order valence-electron chi connectivity index (χ2n) is 7.18. The topological polar surface area (TPSA) is 42.7 Å². The summed E-state index contributed by atoms with van der Waals surface area (Å²) in [7, 11) is 0. The van der Waals surface area contributed by atoms with Crippen molar-refractivity contribution in [3.63, 3.8) is 0 Å². The molecule has 0 aromatic heterocycles. The van der Waals surface area contributed by atoms with Crippen LogP contribution in [-0.2, 0) is 4.74 Å². The second kappa shape index (κ2) is 8.73. The molecule has 0 radical (unpaired) electrons. The van der Waals surface area contributed by atoms with E-state index in [1.165, 1.54) is 22.3 Å². The van der Waals surface area contributed by atoms with E-state index in [-0.39, 0.29) is 24.4 Å². The highest BCUT2D eigenvalue weighted by molar-refractivity contribution is 5.79. The zero-order chi connectivity index (χ0) is 19.2. The first kappa shape index (κ1) is 19.0. The first-order valence-corrected chi connectivity index (χ1v) is 9.60. The maximum absolute atomic E-state index is 12.4. The third-order valence-electron chi connectivity index (χ3n) is 5.37. The quantitative estimate of drug-likeness (QED) is 0.684. The van der Waals surface area contributed by atoms with E-state index < -0.39 is 6.09 Å². The molecule has 2 aromatic rings. The third-order valence-corrected chi connectivity index (χ3v) is 5.37. The smallest absolute Gasteiger partial charge is 0.407 e. The van der Waals surface area contributed by atoms with Gasteiger partial charge in [-0.05, 0) is 34.6 Å². The fraction of sp³-hybridized carbons (Fsp3) is 0.391. The Hall–Kier alpha value is -2.80. The van der Waals surface area contributed by atoms with E-state index in [2.05, 4.69) is 48.3 Å². The van der Waals surface area contributed by atoms with Crippen LogP contribution in [0.2, 0.25) is 0 Å². The van der Waals surface area contributed by atoms with E-state index in [9.17, 15) is 4.79 Å². The molecule has 3 rings (SSSR count). The minimum Gasteiger partial charge on any atom is -0.449 e. The van der Waals surface area contributed by atoms with E-state index in [4.69, 9.17) is 11.3 Å². The number of hydrogen-bond donors (Lipinski definition) is 1. The van der Waals surface area contributed by atoms with E-state index in [1.54, 1.807) is 0 Å². The van der Waals surface area contributed by atoms with Crippen LogP contribution in [0.1, 0.15) is 43.7 Å². The highest BCUT2D eigenvalue weighted by Crippen LogP contribution is 2.44. The Bertz CT molecular complexity index is 795. The van der Waals surface area contributed by atoms with Crippen molar-refractivity contribution < 1.29 is 9.53 Å². The minimum absolute atomic E-state index is 0.0514. The molecule has 2 aromatic carbocycles. The van der Waals surface area contributed by atoms with Gasteiger partial charge in [0.25, 0.3) is 0 Å². The number of alkyl carbamates (subject to hydrolysis) is 1. The Labute approximate surface area is 161 Å². The molecule has 1 aliphatic carbocycles. The van der Waals surface area contributed by atoms with Crippen LogP contribution in [-0.4, -0.2) is 25.3 Å². The van der Waals surface area contributed by atoms with Crippen LogP contribution in [0, 0.1) is 12.5 Å². The van der Waals surface area contributed by atoms with Gasteiger partial charge >= 0.3 is 6.09 Å². The van der Waals surface area contributed by atoms with Crippen LogP contribution in [0.4, 0.5) is 4.79 Å². The van der Waals surface area contributed by atoms with Gasteiger partial charge in [0.15, 0.2) is 0 Å². The molecule has 1 aliphatic rings. The summed E-state index contributed by atoms with van der Waals surface area (Å²) in [6, 6.07) is 16.4. The molecule has 1 unspecified atom stereocenters. The molecule has 0 saturated carbocycles. The third kappa shape index (κ3) is 4.14. The van der Waals surface area contributed by atoms with Crippen molar-refractivity contribution in [3.8, 4) is 11.1 Å². The average molecular weight is 362 g/mol. The zero-order valence-corrected chi connectivity index (χ0v) is 15.9. The lowest BCUT2D eigenvalue weighted by atomic mass is 9.97. The van der Waals surface area contributed by atoms with Crippen molar-refractivity contribution in [2.45, 2.75) is 38.6 Å². The second-order valence-corrected chi connectivity index (χ2v) is 7.18. The Kier molecular flexibility index (Phi) is 6.13. The summed E-state index contributed by atoms with van der Waals surface area (Å²) in [5.74, 6) is 0.306. The summed E-state index contributed by atoms with van der Waals surface area (Å²) in [4.78, 5) is 15.9. The van der Waals surface area contributed by atoms with E-state index in [1.807, 2.05) is 24.3 Å². The van der Waals surface area contributed by atoms with Crippen molar-refractivity contribution in [1.82, 2.24) is 5.32 Å². The molecular formula is C23H26N2O2. The van der Waals surface area contributed by atoms with Crippen molar-refractivity contribution in [2.24, 2.45) is 5.92 Å². The highest BCUT2D eigenvalue weighted by atomic mass is 16.5. The fourth-order valence-electron chi connectivity index (χ4n) is 3.91. The van der Waals surface area contributed by atoms with Gasteiger partial charge in [-0.2, -0.15) is 0 Å². The van der Waals surface area contributed by atoms with Gasteiger partial charge in [-0.3, -0.25) is 0 Å². The Morgan fingerprint density at radius 3 is 2.30 bits per heavy atom. The number of benzene rings is 2. The number of rotatable bonds is 7. The van der Waals surface area contributed by atoms with Crippen LogP contribution < -0.4 is 5.32 Å². The molecular weight excluding hydrogens is 336 g/mol. The normalized spacial score (nSPS) is 14.6. The van der Waals surface area contributed by atoms with Crippen LogP contribution in [0.15, 0.2) is 48.5 Å². The summed E-state index contributed by atoms with van der Waals surface area (Å²) < 4.78 is 5.59. The molecule has 4 nitrogen and oxygen atoms in total. The van der Waals surface area contributed by atoms with Crippen molar-refractivity contribution in [3.05, 3.63) is 71.1 Å². The predicted octanol–water partition coefficient (Wildman–Crippen LogP) is 5.25. The fourth-order valence-corrected chi connectivity index (χ4v) is 3.91. The number of ether oxygens (including phenoxy) is 1. The molecule has 2 atom stereocenters. The monoisotopic (exact) mass is 362 g/mol. The van der Waals surface area contributed by atoms with Crippen molar-refractivity contribution in [1.29, 1.82) is 0 Å². The van der Waals surface area contributed by atoms with Crippen LogP contribution in [0.3, 0.4) is 0 Å². The van der Waals surface area contributed by atoms with E-state index in [0.717, 1.165) is 12.8 Å². The number of carbonyl (C=O) groups is 1.